The third-order valence-corrected chi connectivity index (χ3v) is 4.26. The van der Waals surface area contributed by atoms with Crippen LogP contribution in [0, 0.1) is 0 Å². The Hall–Kier alpha value is -2.36. The number of aromatic nitrogens is 1. The van der Waals surface area contributed by atoms with E-state index in [4.69, 9.17) is 0 Å². The van der Waals surface area contributed by atoms with Crippen molar-refractivity contribution in [2.24, 2.45) is 0 Å². The fourth-order valence-corrected chi connectivity index (χ4v) is 2.95. The summed E-state index contributed by atoms with van der Waals surface area (Å²) in [4.78, 5) is 4.14. The fraction of sp³-hybridized carbons (Fsp3) is 0.316. The van der Waals surface area contributed by atoms with E-state index in [0.717, 1.165) is 33.2 Å². The van der Waals surface area contributed by atoms with Crippen molar-refractivity contribution in [1.29, 1.82) is 0 Å². The van der Waals surface area contributed by atoms with Gasteiger partial charge in [-0.2, -0.15) is 4.57 Å². The summed E-state index contributed by atoms with van der Waals surface area (Å²) in [6.45, 7) is -0.0150. The van der Waals surface area contributed by atoms with Crippen molar-refractivity contribution < 1.29 is 8.96 Å². The lowest BCUT2D eigenvalue weighted by molar-refractivity contribution is -0.645. The molecular weight excluding hydrogens is 289 g/mol. The molecule has 3 aromatic rings. The minimum Gasteiger partial charge on any atom is -0.377 e. The summed E-state index contributed by atoms with van der Waals surface area (Å²) < 4.78 is 15.3. The van der Waals surface area contributed by atoms with E-state index < -0.39 is 0 Å². The van der Waals surface area contributed by atoms with E-state index in [1.807, 2.05) is 28.2 Å². The molecule has 0 aliphatic carbocycles. The van der Waals surface area contributed by atoms with Crippen LogP contribution < -0.4 is 14.4 Å². The largest absolute Gasteiger partial charge is 0.377 e. The number of halogens is 1. The molecule has 3 rings (SSSR count). The molecule has 23 heavy (non-hydrogen) atoms. The molecule has 0 N–H and O–H groups in total. The predicted molar refractivity (Wildman–Crippen MR) is 96.3 cm³/mol. The number of fused-ring (bicyclic) bond motifs is 2. The number of anilines is 2. The number of hydrogen-bond donors (Lipinski definition) is 0. The number of nitrogens with zero attached hydrogens (tertiary/aromatic N) is 3. The second-order valence-corrected chi connectivity index (χ2v) is 6.26. The van der Waals surface area contributed by atoms with Crippen LogP contribution in [0.25, 0.3) is 21.8 Å². The molecule has 0 radical (unpaired) electrons. The Morgan fingerprint density at radius 2 is 1.26 bits per heavy atom. The Labute approximate surface area is 136 Å². The van der Waals surface area contributed by atoms with Gasteiger partial charge in [-0.1, -0.05) is 0 Å². The average molecular weight is 312 g/mol. The van der Waals surface area contributed by atoms with Crippen LogP contribution in [0.1, 0.15) is 0 Å². The molecule has 0 bridgehead atoms. The van der Waals surface area contributed by atoms with Crippen molar-refractivity contribution in [3.05, 3.63) is 42.5 Å². The number of pyridine rings is 1. The topological polar surface area (TPSA) is 10.4 Å². The van der Waals surface area contributed by atoms with E-state index in [1.165, 1.54) is 0 Å². The quantitative estimate of drug-likeness (QED) is 0.540. The standard InChI is InChI=1S/C19H23FN3/c1-21(2)16-7-5-14-11-15-6-8-17(22(3)4)13-19(15)23(10-9-20)18(14)12-16/h5-8,11-13H,9-10H2,1-4H3/q+1. The van der Waals surface area contributed by atoms with Gasteiger partial charge in [0.1, 0.15) is 6.67 Å². The normalized spacial score (nSPS) is 11.2. The van der Waals surface area contributed by atoms with Gasteiger partial charge in [0.2, 0.25) is 11.0 Å². The summed E-state index contributed by atoms with van der Waals surface area (Å²) in [7, 11) is 8.08. The molecule has 3 nitrogen and oxygen atoms in total. The third-order valence-electron chi connectivity index (χ3n) is 4.26. The first-order chi connectivity index (χ1) is 11.0. The maximum atomic E-state index is 13.2. The number of alkyl halides is 1. The summed E-state index contributed by atoms with van der Waals surface area (Å²) >= 11 is 0. The maximum Gasteiger partial charge on any atom is 0.215 e. The molecular formula is C19H23FN3+. The molecule has 0 unspecified atom stereocenters. The van der Waals surface area contributed by atoms with Gasteiger partial charge in [0.25, 0.3) is 0 Å². The zero-order chi connectivity index (χ0) is 16.6. The van der Waals surface area contributed by atoms with Crippen LogP contribution in [0.2, 0.25) is 0 Å². The van der Waals surface area contributed by atoms with Gasteiger partial charge in [-0.05, 0) is 30.3 Å². The molecule has 0 saturated heterocycles. The van der Waals surface area contributed by atoms with Crippen LogP contribution in [0.3, 0.4) is 0 Å². The number of benzene rings is 2. The molecule has 1 aromatic heterocycles. The second kappa shape index (κ2) is 6.03. The van der Waals surface area contributed by atoms with Gasteiger partial charge in [0.05, 0.1) is 0 Å². The van der Waals surface area contributed by atoms with Crippen LogP contribution in [-0.2, 0) is 6.54 Å². The first-order valence-electron chi connectivity index (χ1n) is 7.82. The first kappa shape index (κ1) is 15.5. The van der Waals surface area contributed by atoms with Crippen molar-refractivity contribution in [2.45, 2.75) is 6.54 Å². The zero-order valence-corrected chi connectivity index (χ0v) is 14.2. The molecule has 4 heteroatoms. The molecule has 0 saturated carbocycles. The number of hydrogen-bond acceptors (Lipinski definition) is 2. The summed E-state index contributed by atoms with van der Waals surface area (Å²) in [5.41, 5.74) is 4.37. The van der Waals surface area contributed by atoms with E-state index in [-0.39, 0.29) is 6.67 Å². The Morgan fingerprint density at radius 1 is 0.783 bits per heavy atom. The second-order valence-electron chi connectivity index (χ2n) is 6.26. The summed E-state index contributed by atoms with van der Waals surface area (Å²) in [5.74, 6) is 0. The van der Waals surface area contributed by atoms with Crippen LogP contribution in [0.4, 0.5) is 15.8 Å². The zero-order valence-electron chi connectivity index (χ0n) is 14.2. The van der Waals surface area contributed by atoms with Crippen LogP contribution >= 0.6 is 0 Å². The van der Waals surface area contributed by atoms with E-state index in [0.29, 0.717) is 6.54 Å². The van der Waals surface area contributed by atoms with Gasteiger partial charge >= 0.3 is 0 Å². The summed E-state index contributed by atoms with van der Waals surface area (Å²) in [5, 5.41) is 2.27. The van der Waals surface area contributed by atoms with Crippen molar-refractivity contribution in [3.63, 3.8) is 0 Å². The molecule has 2 aromatic carbocycles. The molecule has 1 heterocycles. The molecule has 120 valence electrons. The Kier molecular flexibility index (Phi) is 4.07. The highest BCUT2D eigenvalue weighted by molar-refractivity contribution is 5.91. The smallest absolute Gasteiger partial charge is 0.215 e. The molecule has 0 spiro atoms. The highest BCUT2D eigenvalue weighted by atomic mass is 19.1. The summed E-state index contributed by atoms with van der Waals surface area (Å²) in [6, 6.07) is 14.9. The van der Waals surface area contributed by atoms with Crippen molar-refractivity contribution in [1.82, 2.24) is 0 Å². The molecule has 0 amide bonds. The van der Waals surface area contributed by atoms with Crippen LogP contribution in [0.15, 0.2) is 42.5 Å². The molecule has 0 atom stereocenters. The number of rotatable bonds is 4. The van der Waals surface area contributed by atoms with Gasteiger partial charge in [0.15, 0.2) is 6.54 Å². The minimum absolute atomic E-state index is 0.363. The van der Waals surface area contributed by atoms with Crippen LogP contribution in [-0.4, -0.2) is 34.9 Å². The molecule has 0 fully saturated rings. The van der Waals surface area contributed by atoms with E-state index in [2.05, 4.69) is 56.8 Å². The molecule has 0 aliphatic heterocycles. The van der Waals surface area contributed by atoms with E-state index in [1.54, 1.807) is 0 Å². The minimum atomic E-state index is -0.378. The lowest BCUT2D eigenvalue weighted by Gasteiger charge is -2.15. The Balaban J connectivity index is 2.36. The van der Waals surface area contributed by atoms with Gasteiger partial charge in [0, 0.05) is 62.5 Å². The number of aryl methyl sites for hydroxylation is 1. The van der Waals surface area contributed by atoms with Gasteiger partial charge < -0.3 is 9.80 Å². The third kappa shape index (κ3) is 2.81. The van der Waals surface area contributed by atoms with Crippen molar-refractivity contribution in [3.8, 4) is 0 Å². The van der Waals surface area contributed by atoms with Gasteiger partial charge in [-0.15, -0.1) is 0 Å². The first-order valence-corrected chi connectivity index (χ1v) is 7.82. The highest BCUT2D eigenvalue weighted by Crippen LogP contribution is 2.25. The van der Waals surface area contributed by atoms with Crippen LogP contribution in [0.5, 0.6) is 0 Å². The Morgan fingerprint density at radius 3 is 1.65 bits per heavy atom. The average Bonchev–Trinajstić information content (AvgIpc) is 2.53. The molecule has 0 aliphatic rings. The van der Waals surface area contributed by atoms with Gasteiger partial charge in [-0.25, -0.2) is 4.39 Å². The predicted octanol–water partition coefficient (Wildman–Crippen LogP) is 3.38. The monoisotopic (exact) mass is 312 g/mol. The van der Waals surface area contributed by atoms with Crippen molar-refractivity contribution >= 4 is 33.2 Å². The van der Waals surface area contributed by atoms with Crippen molar-refractivity contribution in [2.75, 3.05) is 44.7 Å². The Bertz CT molecular complexity index is 790. The lowest BCUT2D eigenvalue weighted by Crippen LogP contribution is -2.37. The van der Waals surface area contributed by atoms with Gasteiger partial charge in [-0.3, -0.25) is 0 Å². The fourth-order valence-electron chi connectivity index (χ4n) is 2.95. The SMILES string of the molecule is CN(C)c1ccc2cc3ccc(N(C)C)cc3[n+](CCF)c2c1. The maximum absolute atomic E-state index is 13.2. The van der Waals surface area contributed by atoms with E-state index in [9.17, 15) is 4.39 Å². The highest BCUT2D eigenvalue weighted by Gasteiger charge is 2.17. The lowest BCUT2D eigenvalue weighted by atomic mass is 10.1. The van der Waals surface area contributed by atoms with E-state index >= 15 is 0 Å². The summed E-state index contributed by atoms with van der Waals surface area (Å²) in [6.07, 6.45) is 0.